The van der Waals surface area contributed by atoms with E-state index in [1.807, 2.05) is 45.9 Å². The van der Waals surface area contributed by atoms with Crippen molar-refractivity contribution in [1.29, 1.82) is 0 Å². The van der Waals surface area contributed by atoms with E-state index in [0.717, 1.165) is 16.9 Å². The smallest absolute Gasteiger partial charge is 0.239 e. The minimum Gasteiger partial charge on any atom is -0.488 e. The third-order valence-electron chi connectivity index (χ3n) is 3.35. The van der Waals surface area contributed by atoms with Gasteiger partial charge in [-0.2, -0.15) is 0 Å². The van der Waals surface area contributed by atoms with Gasteiger partial charge in [-0.15, -0.1) is 0 Å². The van der Waals surface area contributed by atoms with Crippen molar-refractivity contribution in [3.63, 3.8) is 0 Å². The van der Waals surface area contributed by atoms with Gasteiger partial charge in [-0.05, 0) is 39.3 Å². The molecular weight excluding hydrogens is 332 g/mol. The second-order valence-corrected chi connectivity index (χ2v) is 6.95. The minimum absolute atomic E-state index is 0.114. The van der Waals surface area contributed by atoms with Crippen molar-refractivity contribution in [2.75, 3.05) is 33.9 Å². The Balaban J connectivity index is 2.59. The van der Waals surface area contributed by atoms with Gasteiger partial charge in [0.2, 0.25) is 5.91 Å². The molecule has 0 aromatic heterocycles. The first-order valence-electron chi connectivity index (χ1n) is 8.74. The highest BCUT2D eigenvalue weighted by Crippen LogP contribution is 2.24. The summed E-state index contributed by atoms with van der Waals surface area (Å²) in [6.07, 6.45) is 0. The molecule has 1 rings (SSSR count). The highest BCUT2D eigenvalue weighted by atomic mass is 16.5. The Labute approximate surface area is 156 Å². The Bertz CT molecular complexity index is 609. The van der Waals surface area contributed by atoms with E-state index in [-0.39, 0.29) is 18.1 Å². The van der Waals surface area contributed by atoms with Crippen molar-refractivity contribution < 1.29 is 14.3 Å². The van der Waals surface area contributed by atoms with Gasteiger partial charge in [-0.25, -0.2) is 0 Å². The number of ether oxygens (including phenoxy) is 2. The molecule has 1 amide bonds. The SMILES string of the molecule is CN=C(NCC(=O)NCCOC)NCc1ccc(C)cc1OC(C)(C)C. The van der Waals surface area contributed by atoms with Crippen molar-refractivity contribution in [3.8, 4) is 5.75 Å². The number of aliphatic imine (C=N–C) groups is 1. The molecule has 1 aromatic carbocycles. The Hall–Kier alpha value is -2.28. The number of hydrogen-bond donors (Lipinski definition) is 3. The molecule has 0 spiro atoms. The average molecular weight is 364 g/mol. The van der Waals surface area contributed by atoms with Gasteiger partial charge >= 0.3 is 0 Å². The summed E-state index contributed by atoms with van der Waals surface area (Å²) in [7, 11) is 3.26. The lowest BCUT2D eigenvalue weighted by Crippen LogP contribution is -2.43. The van der Waals surface area contributed by atoms with Gasteiger partial charge < -0.3 is 25.4 Å². The van der Waals surface area contributed by atoms with Crippen LogP contribution in [0.3, 0.4) is 0 Å². The Morgan fingerprint density at radius 3 is 2.54 bits per heavy atom. The van der Waals surface area contributed by atoms with E-state index in [4.69, 9.17) is 9.47 Å². The number of hydrogen-bond acceptors (Lipinski definition) is 4. The maximum atomic E-state index is 11.7. The number of methoxy groups -OCH3 is 1. The van der Waals surface area contributed by atoms with Gasteiger partial charge in [0, 0.05) is 32.8 Å². The van der Waals surface area contributed by atoms with Crippen molar-refractivity contribution in [2.24, 2.45) is 4.99 Å². The number of carbonyl (C=O) groups excluding carboxylic acids is 1. The molecule has 26 heavy (non-hydrogen) atoms. The van der Waals surface area contributed by atoms with Crippen LogP contribution in [0.1, 0.15) is 31.9 Å². The topological polar surface area (TPSA) is 84.0 Å². The summed E-state index contributed by atoms with van der Waals surface area (Å²) in [5.74, 6) is 1.28. The molecule has 0 aliphatic carbocycles. The molecule has 7 nitrogen and oxygen atoms in total. The van der Waals surface area contributed by atoms with E-state index in [9.17, 15) is 4.79 Å². The second-order valence-electron chi connectivity index (χ2n) is 6.95. The van der Waals surface area contributed by atoms with E-state index in [1.165, 1.54) is 0 Å². The van der Waals surface area contributed by atoms with Crippen LogP contribution in [-0.4, -0.2) is 51.3 Å². The quantitative estimate of drug-likeness (QED) is 0.371. The van der Waals surface area contributed by atoms with E-state index in [1.54, 1.807) is 14.2 Å². The zero-order chi connectivity index (χ0) is 19.6. The molecule has 0 unspecified atom stereocenters. The summed E-state index contributed by atoms with van der Waals surface area (Å²) in [4.78, 5) is 15.9. The molecule has 0 heterocycles. The molecule has 0 bridgehead atoms. The van der Waals surface area contributed by atoms with Crippen molar-refractivity contribution in [2.45, 2.75) is 39.8 Å². The number of carbonyl (C=O) groups is 1. The average Bonchev–Trinajstić information content (AvgIpc) is 2.55. The summed E-state index contributed by atoms with van der Waals surface area (Å²) in [5.41, 5.74) is 1.89. The minimum atomic E-state index is -0.275. The first kappa shape index (κ1) is 21.8. The zero-order valence-corrected chi connectivity index (χ0v) is 16.7. The van der Waals surface area contributed by atoms with Crippen LogP contribution >= 0.6 is 0 Å². The summed E-state index contributed by atoms with van der Waals surface area (Å²) < 4.78 is 11.0. The number of benzene rings is 1. The van der Waals surface area contributed by atoms with Crippen LogP contribution in [0.15, 0.2) is 23.2 Å². The molecule has 0 aliphatic rings. The normalized spacial score (nSPS) is 11.8. The van der Waals surface area contributed by atoms with Crippen molar-refractivity contribution in [1.82, 2.24) is 16.0 Å². The van der Waals surface area contributed by atoms with Gasteiger partial charge in [0.05, 0.1) is 13.2 Å². The van der Waals surface area contributed by atoms with Crippen LogP contribution in [-0.2, 0) is 16.1 Å². The lowest BCUT2D eigenvalue weighted by atomic mass is 10.1. The highest BCUT2D eigenvalue weighted by molar-refractivity contribution is 5.86. The highest BCUT2D eigenvalue weighted by Gasteiger charge is 2.15. The Kier molecular flexibility index (Phi) is 8.92. The summed E-state index contributed by atoms with van der Waals surface area (Å²) in [6, 6.07) is 6.11. The van der Waals surface area contributed by atoms with E-state index >= 15 is 0 Å². The largest absolute Gasteiger partial charge is 0.488 e. The van der Waals surface area contributed by atoms with Crippen LogP contribution in [0.5, 0.6) is 5.75 Å². The van der Waals surface area contributed by atoms with Gasteiger partial charge in [0.1, 0.15) is 11.4 Å². The number of rotatable bonds is 8. The van der Waals surface area contributed by atoms with Crippen molar-refractivity contribution in [3.05, 3.63) is 29.3 Å². The molecule has 7 heteroatoms. The number of guanidine groups is 1. The fraction of sp³-hybridized carbons (Fsp3) is 0.579. The van der Waals surface area contributed by atoms with Crippen LogP contribution in [0.25, 0.3) is 0 Å². The monoisotopic (exact) mass is 364 g/mol. The lowest BCUT2D eigenvalue weighted by Gasteiger charge is -2.24. The number of amides is 1. The standard InChI is InChI=1S/C19H32N4O3/c1-14-7-8-15(16(11-14)26-19(2,3)4)12-22-18(20-5)23-13-17(24)21-9-10-25-6/h7-8,11H,9-10,12-13H2,1-6H3,(H,21,24)(H2,20,22,23). The first-order valence-corrected chi connectivity index (χ1v) is 8.74. The molecule has 1 aromatic rings. The Morgan fingerprint density at radius 2 is 1.92 bits per heavy atom. The van der Waals surface area contributed by atoms with E-state index < -0.39 is 0 Å². The summed E-state index contributed by atoms with van der Waals surface area (Å²) >= 11 is 0. The number of nitrogens with zero attached hydrogens (tertiary/aromatic N) is 1. The molecule has 0 saturated carbocycles. The molecule has 0 radical (unpaired) electrons. The second kappa shape index (κ2) is 10.7. The molecule has 146 valence electrons. The van der Waals surface area contributed by atoms with E-state index in [0.29, 0.717) is 25.7 Å². The van der Waals surface area contributed by atoms with Crippen LogP contribution < -0.4 is 20.7 Å². The van der Waals surface area contributed by atoms with Gasteiger partial charge in [-0.3, -0.25) is 9.79 Å². The molecule has 0 saturated heterocycles. The molecular formula is C19H32N4O3. The fourth-order valence-electron chi connectivity index (χ4n) is 2.15. The lowest BCUT2D eigenvalue weighted by molar-refractivity contribution is -0.120. The van der Waals surface area contributed by atoms with Crippen LogP contribution in [0.4, 0.5) is 0 Å². The van der Waals surface area contributed by atoms with E-state index in [2.05, 4.69) is 20.9 Å². The van der Waals surface area contributed by atoms with Gasteiger partial charge in [0.15, 0.2) is 5.96 Å². The fourth-order valence-corrected chi connectivity index (χ4v) is 2.15. The van der Waals surface area contributed by atoms with Gasteiger partial charge in [0.25, 0.3) is 0 Å². The molecule has 0 atom stereocenters. The number of aryl methyl sites for hydroxylation is 1. The zero-order valence-electron chi connectivity index (χ0n) is 16.7. The van der Waals surface area contributed by atoms with Crippen molar-refractivity contribution >= 4 is 11.9 Å². The Morgan fingerprint density at radius 1 is 1.19 bits per heavy atom. The molecule has 3 N–H and O–H groups in total. The third kappa shape index (κ3) is 8.71. The first-order chi connectivity index (χ1) is 12.2. The van der Waals surface area contributed by atoms with Crippen LogP contribution in [0, 0.1) is 6.92 Å². The summed E-state index contributed by atoms with van der Waals surface area (Å²) in [6.45, 7) is 9.76. The summed E-state index contributed by atoms with van der Waals surface area (Å²) in [5, 5.41) is 8.95. The number of nitrogens with one attached hydrogen (secondary N) is 3. The molecule has 0 fully saturated rings. The predicted molar refractivity (Wildman–Crippen MR) is 105 cm³/mol. The third-order valence-corrected chi connectivity index (χ3v) is 3.35. The predicted octanol–water partition coefficient (Wildman–Crippen LogP) is 1.60. The van der Waals surface area contributed by atoms with Gasteiger partial charge in [-0.1, -0.05) is 12.1 Å². The maximum absolute atomic E-state index is 11.7. The van der Waals surface area contributed by atoms with Crippen LogP contribution in [0.2, 0.25) is 0 Å². The maximum Gasteiger partial charge on any atom is 0.239 e. The molecule has 0 aliphatic heterocycles.